The van der Waals surface area contributed by atoms with E-state index in [1.54, 1.807) is 13.1 Å². The molecule has 1 aromatic rings. The molecule has 0 bridgehead atoms. The Hall–Kier alpha value is -1.22. The number of pyridine rings is 1. The van der Waals surface area contributed by atoms with Crippen molar-refractivity contribution in [2.45, 2.75) is 32.6 Å². The highest BCUT2D eigenvalue weighted by molar-refractivity contribution is 5.75. The third kappa shape index (κ3) is 4.11. The number of ketones is 1. The summed E-state index contributed by atoms with van der Waals surface area (Å²) in [5, 5.41) is 3.31. The summed E-state index contributed by atoms with van der Waals surface area (Å²) in [6, 6.07) is 4.03. The second-order valence-corrected chi connectivity index (χ2v) is 4.75. The standard InChI is InChI=1S/C13H20N2O/c1-11(16)6-8-15-10-13(2,3)12-5-4-7-14-9-12/h4-5,7,9,15H,6,8,10H2,1-3H3. The summed E-state index contributed by atoms with van der Waals surface area (Å²) in [5.41, 5.74) is 1.26. The lowest BCUT2D eigenvalue weighted by molar-refractivity contribution is -0.116. The van der Waals surface area contributed by atoms with Crippen LogP contribution in [0.25, 0.3) is 0 Å². The molecule has 0 radical (unpaired) electrons. The Morgan fingerprint density at radius 1 is 1.50 bits per heavy atom. The van der Waals surface area contributed by atoms with E-state index in [0.29, 0.717) is 6.42 Å². The minimum Gasteiger partial charge on any atom is -0.315 e. The molecule has 0 atom stereocenters. The first-order valence-corrected chi connectivity index (χ1v) is 5.63. The fraction of sp³-hybridized carbons (Fsp3) is 0.538. The summed E-state index contributed by atoms with van der Waals surface area (Å²) >= 11 is 0. The zero-order valence-electron chi connectivity index (χ0n) is 10.3. The molecule has 3 heteroatoms. The van der Waals surface area contributed by atoms with Gasteiger partial charge in [-0.2, -0.15) is 0 Å². The number of nitrogens with one attached hydrogen (secondary N) is 1. The van der Waals surface area contributed by atoms with Crippen LogP contribution >= 0.6 is 0 Å². The van der Waals surface area contributed by atoms with E-state index in [4.69, 9.17) is 0 Å². The number of Topliss-reactive ketones (excluding diaryl/α,β-unsaturated/α-hetero) is 1. The van der Waals surface area contributed by atoms with Crippen molar-refractivity contribution >= 4 is 5.78 Å². The molecule has 0 aliphatic heterocycles. The maximum atomic E-state index is 10.8. The Morgan fingerprint density at radius 3 is 2.81 bits per heavy atom. The summed E-state index contributed by atoms with van der Waals surface area (Å²) in [5.74, 6) is 0.228. The Balaban J connectivity index is 2.43. The topological polar surface area (TPSA) is 42.0 Å². The smallest absolute Gasteiger partial charge is 0.131 e. The minimum absolute atomic E-state index is 0.0467. The van der Waals surface area contributed by atoms with Crippen molar-refractivity contribution in [3.05, 3.63) is 30.1 Å². The van der Waals surface area contributed by atoms with Gasteiger partial charge in [0.15, 0.2) is 0 Å². The Labute approximate surface area is 97.3 Å². The molecule has 0 aromatic carbocycles. The highest BCUT2D eigenvalue weighted by atomic mass is 16.1. The van der Waals surface area contributed by atoms with Gasteiger partial charge in [-0.15, -0.1) is 0 Å². The SMILES string of the molecule is CC(=O)CCNCC(C)(C)c1cccnc1. The zero-order chi connectivity index (χ0) is 12.0. The molecule has 0 aliphatic carbocycles. The van der Waals surface area contributed by atoms with Crippen molar-refractivity contribution in [3.63, 3.8) is 0 Å². The molecule has 0 spiro atoms. The molecule has 0 unspecified atom stereocenters. The second-order valence-electron chi connectivity index (χ2n) is 4.75. The first-order valence-electron chi connectivity index (χ1n) is 5.63. The van der Waals surface area contributed by atoms with Crippen molar-refractivity contribution in [1.29, 1.82) is 0 Å². The summed E-state index contributed by atoms with van der Waals surface area (Å²) in [6.45, 7) is 7.56. The van der Waals surface area contributed by atoms with Gasteiger partial charge in [-0.1, -0.05) is 19.9 Å². The van der Waals surface area contributed by atoms with Crippen LogP contribution in [-0.2, 0) is 10.2 Å². The van der Waals surface area contributed by atoms with Crippen molar-refractivity contribution in [1.82, 2.24) is 10.3 Å². The summed E-state index contributed by atoms with van der Waals surface area (Å²) < 4.78 is 0. The Kier molecular flexibility index (Phi) is 4.62. The van der Waals surface area contributed by atoms with Crippen LogP contribution in [0, 0.1) is 0 Å². The number of nitrogens with zero attached hydrogens (tertiary/aromatic N) is 1. The van der Waals surface area contributed by atoms with Gasteiger partial charge in [0.25, 0.3) is 0 Å². The molecule has 1 aromatic heterocycles. The Morgan fingerprint density at radius 2 is 2.25 bits per heavy atom. The third-order valence-corrected chi connectivity index (χ3v) is 2.66. The van der Waals surface area contributed by atoms with Crippen molar-refractivity contribution in [2.75, 3.05) is 13.1 Å². The third-order valence-electron chi connectivity index (χ3n) is 2.66. The van der Waals surface area contributed by atoms with E-state index in [2.05, 4.69) is 30.2 Å². The monoisotopic (exact) mass is 220 g/mol. The van der Waals surface area contributed by atoms with Crippen molar-refractivity contribution in [2.24, 2.45) is 0 Å². The van der Waals surface area contributed by atoms with E-state index in [1.807, 2.05) is 12.3 Å². The first kappa shape index (κ1) is 12.8. The van der Waals surface area contributed by atoms with E-state index in [-0.39, 0.29) is 11.2 Å². The molecule has 3 nitrogen and oxygen atoms in total. The van der Waals surface area contributed by atoms with E-state index < -0.39 is 0 Å². The van der Waals surface area contributed by atoms with Gasteiger partial charge in [0, 0.05) is 37.3 Å². The minimum atomic E-state index is 0.0467. The second kappa shape index (κ2) is 5.75. The normalized spacial score (nSPS) is 11.4. The predicted octanol–water partition coefficient (Wildman–Crippen LogP) is 1.93. The number of hydrogen-bond acceptors (Lipinski definition) is 3. The van der Waals surface area contributed by atoms with Crippen LogP contribution < -0.4 is 5.32 Å². The molecular formula is C13H20N2O. The van der Waals surface area contributed by atoms with Gasteiger partial charge in [0.1, 0.15) is 5.78 Å². The lowest BCUT2D eigenvalue weighted by Crippen LogP contribution is -2.34. The van der Waals surface area contributed by atoms with Crippen LogP contribution in [0.1, 0.15) is 32.8 Å². The lowest BCUT2D eigenvalue weighted by atomic mass is 9.86. The molecule has 88 valence electrons. The molecule has 1 rings (SSSR count). The molecule has 16 heavy (non-hydrogen) atoms. The van der Waals surface area contributed by atoms with E-state index in [0.717, 1.165) is 13.1 Å². The maximum Gasteiger partial charge on any atom is 0.131 e. The molecule has 0 fully saturated rings. The quantitative estimate of drug-likeness (QED) is 0.745. The summed E-state index contributed by atoms with van der Waals surface area (Å²) in [6.07, 6.45) is 4.28. The van der Waals surface area contributed by atoms with Gasteiger partial charge >= 0.3 is 0 Å². The maximum absolute atomic E-state index is 10.8. The van der Waals surface area contributed by atoms with Crippen molar-refractivity contribution < 1.29 is 4.79 Å². The van der Waals surface area contributed by atoms with Gasteiger partial charge < -0.3 is 5.32 Å². The average molecular weight is 220 g/mol. The van der Waals surface area contributed by atoms with Gasteiger partial charge in [0.2, 0.25) is 0 Å². The van der Waals surface area contributed by atoms with E-state index >= 15 is 0 Å². The highest BCUT2D eigenvalue weighted by Crippen LogP contribution is 2.20. The number of aromatic nitrogens is 1. The highest BCUT2D eigenvalue weighted by Gasteiger charge is 2.19. The van der Waals surface area contributed by atoms with Gasteiger partial charge in [-0.3, -0.25) is 9.78 Å². The number of carbonyl (C=O) groups excluding carboxylic acids is 1. The van der Waals surface area contributed by atoms with Crippen molar-refractivity contribution in [3.8, 4) is 0 Å². The van der Waals surface area contributed by atoms with E-state index in [9.17, 15) is 4.79 Å². The number of rotatable bonds is 6. The van der Waals surface area contributed by atoms with Crippen LogP contribution in [0.5, 0.6) is 0 Å². The zero-order valence-corrected chi connectivity index (χ0v) is 10.3. The number of carbonyl (C=O) groups is 1. The summed E-state index contributed by atoms with van der Waals surface area (Å²) in [7, 11) is 0. The molecular weight excluding hydrogens is 200 g/mol. The lowest BCUT2D eigenvalue weighted by Gasteiger charge is -2.25. The van der Waals surface area contributed by atoms with Gasteiger partial charge in [0.05, 0.1) is 0 Å². The largest absolute Gasteiger partial charge is 0.315 e. The fourth-order valence-corrected chi connectivity index (χ4v) is 1.53. The predicted molar refractivity (Wildman–Crippen MR) is 65.4 cm³/mol. The molecule has 1 N–H and O–H groups in total. The number of hydrogen-bond donors (Lipinski definition) is 1. The first-order chi connectivity index (χ1) is 7.52. The molecule has 0 saturated heterocycles. The average Bonchev–Trinajstić information content (AvgIpc) is 2.26. The molecule has 0 aliphatic rings. The van der Waals surface area contributed by atoms with Crippen LogP contribution in [0.2, 0.25) is 0 Å². The van der Waals surface area contributed by atoms with Crippen LogP contribution in [-0.4, -0.2) is 23.9 Å². The molecule has 0 saturated carbocycles. The van der Waals surface area contributed by atoms with Crippen LogP contribution in [0.3, 0.4) is 0 Å². The Bertz CT molecular complexity index is 333. The van der Waals surface area contributed by atoms with Crippen LogP contribution in [0.4, 0.5) is 0 Å². The molecule has 1 heterocycles. The van der Waals surface area contributed by atoms with Gasteiger partial charge in [-0.25, -0.2) is 0 Å². The fourth-order valence-electron chi connectivity index (χ4n) is 1.53. The van der Waals surface area contributed by atoms with Gasteiger partial charge in [-0.05, 0) is 18.6 Å². The van der Waals surface area contributed by atoms with E-state index in [1.165, 1.54) is 5.56 Å². The molecule has 0 amide bonds. The van der Waals surface area contributed by atoms with Crippen LogP contribution in [0.15, 0.2) is 24.5 Å². The summed E-state index contributed by atoms with van der Waals surface area (Å²) in [4.78, 5) is 14.9.